The summed E-state index contributed by atoms with van der Waals surface area (Å²) in [6.07, 6.45) is 0. The van der Waals surface area contributed by atoms with Crippen molar-refractivity contribution >= 4 is 5.69 Å². The summed E-state index contributed by atoms with van der Waals surface area (Å²) in [7, 11) is 0. The van der Waals surface area contributed by atoms with Crippen LogP contribution in [-0.2, 0) is 0 Å². The second-order valence-corrected chi connectivity index (χ2v) is 3.88. The average Bonchev–Trinajstić information content (AvgIpc) is 2.46. The van der Waals surface area contributed by atoms with Gasteiger partial charge in [0.25, 0.3) is 0 Å². The van der Waals surface area contributed by atoms with Crippen molar-refractivity contribution in [2.75, 3.05) is 18.9 Å². The zero-order chi connectivity index (χ0) is 13.5. The van der Waals surface area contributed by atoms with Gasteiger partial charge in [0.2, 0.25) is 0 Å². The topological polar surface area (TPSA) is 68.3 Å². The van der Waals surface area contributed by atoms with Crippen LogP contribution in [0.5, 0.6) is 11.5 Å². The number of anilines is 1. The predicted molar refractivity (Wildman–Crippen MR) is 73.0 cm³/mol. The molecule has 0 aliphatic carbocycles. The van der Waals surface area contributed by atoms with Crippen LogP contribution in [0.4, 0.5) is 5.69 Å². The van der Waals surface area contributed by atoms with E-state index in [0.717, 1.165) is 5.75 Å². The van der Waals surface area contributed by atoms with Crippen LogP contribution < -0.4 is 15.2 Å². The van der Waals surface area contributed by atoms with Gasteiger partial charge in [-0.3, -0.25) is 0 Å². The van der Waals surface area contributed by atoms with E-state index in [0.29, 0.717) is 30.2 Å². The molecule has 2 rings (SSSR count). The smallest absolute Gasteiger partial charge is 0.137 e. The maximum Gasteiger partial charge on any atom is 0.137 e. The van der Waals surface area contributed by atoms with Gasteiger partial charge in [0.05, 0.1) is 5.56 Å². The Morgan fingerprint density at radius 3 is 2.47 bits per heavy atom. The summed E-state index contributed by atoms with van der Waals surface area (Å²) in [5.41, 5.74) is 6.58. The van der Waals surface area contributed by atoms with Gasteiger partial charge in [0.15, 0.2) is 0 Å². The fourth-order valence-electron chi connectivity index (χ4n) is 1.59. The van der Waals surface area contributed by atoms with E-state index in [-0.39, 0.29) is 0 Å². The van der Waals surface area contributed by atoms with Crippen LogP contribution in [0.15, 0.2) is 48.5 Å². The fourth-order valence-corrected chi connectivity index (χ4v) is 1.59. The third-order valence-corrected chi connectivity index (χ3v) is 2.48. The summed E-state index contributed by atoms with van der Waals surface area (Å²) >= 11 is 0. The van der Waals surface area contributed by atoms with Gasteiger partial charge in [0.1, 0.15) is 30.8 Å². The Labute approximate surface area is 112 Å². The zero-order valence-electron chi connectivity index (χ0n) is 10.4. The number of benzene rings is 2. The molecule has 2 N–H and O–H groups in total. The number of nitrogen functional groups attached to an aromatic ring is 1. The Morgan fingerprint density at radius 2 is 1.74 bits per heavy atom. The van der Waals surface area contributed by atoms with Crippen molar-refractivity contribution in [3.63, 3.8) is 0 Å². The number of nitrogens with two attached hydrogens (primary N) is 1. The minimum Gasteiger partial charge on any atom is -0.490 e. The van der Waals surface area contributed by atoms with E-state index in [9.17, 15) is 0 Å². The van der Waals surface area contributed by atoms with E-state index in [1.54, 1.807) is 18.2 Å². The molecule has 2 aromatic rings. The van der Waals surface area contributed by atoms with E-state index >= 15 is 0 Å². The largest absolute Gasteiger partial charge is 0.490 e. The Kier molecular flexibility index (Phi) is 4.25. The molecule has 0 heterocycles. The van der Waals surface area contributed by atoms with Crippen LogP contribution in [0.25, 0.3) is 0 Å². The standard InChI is InChI=1S/C15H14N2O2/c16-11-12-10-13(17)6-7-15(12)19-9-8-18-14-4-2-1-3-5-14/h1-7,10H,8-9,17H2. The predicted octanol–water partition coefficient (Wildman–Crippen LogP) is 2.60. The molecule has 0 saturated carbocycles. The van der Waals surface area contributed by atoms with E-state index in [1.165, 1.54) is 0 Å². The van der Waals surface area contributed by atoms with Crippen molar-refractivity contribution in [1.82, 2.24) is 0 Å². The van der Waals surface area contributed by atoms with Gasteiger partial charge in [-0.1, -0.05) is 18.2 Å². The Balaban J connectivity index is 1.85. The van der Waals surface area contributed by atoms with Gasteiger partial charge in [-0.25, -0.2) is 0 Å². The van der Waals surface area contributed by atoms with Crippen molar-refractivity contribution in [2.45, 2.75) is 0 Å². The molecule has 0 aliphatic heterocycles. The lowest BCUT2D eigenvalue weighted by molar-refractivity contribution is 0.217. The lowest BCUT2D eigenvalue weighted by Crippen LogP contribution is -2.09. The van der Waals surface area contributed by atoms with Gasteiger partial charge < -0.3 is 15.2 Å². The lowest BCUT2D eigenvalue weighted by Gasteiger charge is -2.09. The van der Waals surface area contributed by atoms with Crippen LogP contribution in [-0.4, -0.2) is 13.2 Å². The molecule has 2 aromatic carbocycles. The summed E-state index contributed by atoms with van der Waals surface area (Å²) in [4.78, 5) is 0. The molecule has 19 heavy (non-hydrogen) atoms. The molecular weight excluding hydrogens is 240 g/mol. The maximum absolute atomic E-state index is 8.96. The number of hydrogen-bond acceptors (Lipinski definition) is 4. The molecule has 4 nitrogen and oxygen atoms in total. The highest BCUT2D eigenvalue weighted by molar-refractivity contribution is 5.53. The number of hydrogen-bond donors (Lipinski definition) is 1. The van der Waals surface area contributed by atoms with Crippen molar-refractivity contribution in [1.29, 1.82) is 5.26 Å². The summed E-state index contributed by atoms with van der Waals surface area (Å²) in [5, 5.41) is 8.96. The molecule has 4 heteroatoms. The maximum atomic E-state index is 8.96. The quantitative estimate of drug-likeness (QED) is 0.657. The first kappa shape index (κ1) is 12.8. The van der Waals surface area contributed by atoms with Crippen molar-refractivity contribution in [3.05, 3.63) is 54.1 Å². The normalized spacial score (nSPS) is 9.63. The Morgan fingerprint density at radius 1 is 1.00 bits per heavy atom. The number of ether oxygens (including phenoxy) is 2. The third-order valence-electron chi connectivity index (χ3n) is 2.48. The molecular formula is C15H14N2O2. The summed E-state index contributed by atoms with van der Waals surface area (Å²) in [6, 6.07) is 16.5. The van der Waals surface area contributed by atoms with Crippen LogP contribution in [0.2, 0.25) is 0 Å². The molecule has 96 valence electrons. The molecule has 0 unspecified atom stereocenters. The van der Waals surface area contributed by atoms with Crippen LogP contribution in [0.1, 0.15) is 5.56 Å². The molecule has 0 amide bonds. The molecule has 0 aliphatic rings. The van der Waals surface area contributed by atoms with E-state index in [2.05, 4.69) is 0 Å². The second-order valence-electron chi connectivity index (χ2n) is 3.88. The van der Waals surface area contributed by atoms with Gasteiger partial charge in [-0.05, 0) is 30.3 Å². The number of nitrogens with zero attached hydrogens (tertiary/aromatic N) is 1. The molecule has 0 saturated heterocycles. The average molecular weight is 254 g/mol. The SMILES string of the molecule is N#Cc1cc(N)ccc1OCCOc1ccccc1. The monoisotopic (exact) mass is 254 g/mol. The third kappa shape index (κ3) is 3.65. The van der Waals surface area contributed by atoms with Gasteiger partial charge >= 0.3 is 0 Å². The first-order valence-electron chi connectivity index (χ1n) is 5.90. The molecule has 0 spiro atoms. The van der Waals surface area contributed by atoms with E-state index in [4.69, 9.17) is 20.5 Å². The van der Waals surface area contributed by atoms with Crippen LogP contribution >= 0.6 is 0 Å². The van der Waals surface area contributed by atoms with Gasteiger partial charge in [0, 0.05) is 5.69 Å². The summed E-state index contributed by atoms with van der Waals surface area (Å²) in [6.45, 7) is 0.784. The Hall–Kier alpha value is -2.67. The highest BCUT2D eigenvalue weighted by atomic mass is 16.5. The van der Waals surface area contributed by atoms with Crippen molar-refractivity contribution in [2.24, 2.45) is 0 Å². The molecule has 0 fully saturated rings. The first-order chi connectivity index (χ1) is 9.29. The highest BCUT2D eigenvalue weighted by Gasteiger charge is 2.03. The fraction of sp³-hybridized carbons (Fsp3) is 0.133. The van der Waals surface area contributed by atoms with E-state index in [1.807, 2.05) is 36.4 Å². The minimum atomic E-state index is 0.369. The van der Waals surface area contributed by atoms with Gasteiger partial charge in [-0.2, -0.15) is 5.26 Å². The number of nitriles is 1. The Bertz CT molecular complexity index is 576. The van der Waals surface area contributed by atoms with E-state index < -0.39 is 0 Å². The molecule has 0 aromatic heterocycles. The second kappa shape index (κ2) is 6.31. The zero-order valence-corrected chi connectivity index (χ0v) is 10.4. The molecule has 0 bridgehead atoms. The number of para-hydroxylation sites is 1. The minimum absolute atomic E-state index is 0.369. The van der Waals surface area contributed by atoms with Crippen molar-refractivity contribution < 1.29 is 9.47 Å². The lowest BCUT2D eigenvalue weighted by atomic mass is 10.2. The van der Waals surface area contributed by atoms with Gasteiger partial charge in [-0.15, -0.1) is 0 Å². The summed E-state index contributed by atoms with van der Waals surface area (Å²) < 4.78 is 11.0. The highest BCUT2D eigenvalue weighted by Crippen LogP contribution is 2.20. The number of rotatable bonds is 5. The summed E-state index contributed by atoms with van der Waals surface area (Å²) in [5.74, 6) is 1.32. The van der Waals surface area contributed by atoms with Crippen LogP contribution in [0.3, 0.4) is 0 Å². The molecule has 0 atom stereocenters. The van der Waals surface area contributed by atoms with Crippen LogP contribution in [0, 0.1) is 11.3 Å². The molecule has 0 radical (unpaired) electrons. The first-order valence-corrected chi connectivity index (χ1v) is 5.90. The van der Waals surface area contributed by atoms with Crippen molar-refractivity contribution in [3.8, 4) is 17.6 Å².